The van der Waals surface area contributed by atoms with E-state index < -0.39 is 24.4 Å². The lowest BCUT2D eigenvalue weighted by Gasteiger charge is -2.41. The van der Waals surface area contributed by atoms with Crippen LogP contribution in [-0.4, -0.2) is 59.6 Å². The smallest absolute Gasteiger partial charge is 0.124 e. The maximum Gasteiger partial charge on any atom is 0.124 e. The molecular weight excluding hydrogens is 396 g/mol. The molecule has 31 heavy (non-hydrogen) atoms. The fraction of sp³-hybridized carbons (Fsp3) is 0.520. The van der Waals surface area contributed by atoms with Gasteiger partial charge in [0.2, 0.25) is 0 Å². The van der Waals surface area contributed by atoms with Crippen molar-refractivity contribution >= 4 is 0 Å². The Balaban J connectivity index is 1.49. The van der Waals surface area contributed by atoms with Crippen LogP contribution in [0.15, 0.2) is 42.5 Å². The summed E-state index contributed by atoms with van der Waals surface area (Å²) >= 11 is 0. The zero-order valence-electron chi connectivity index (χ0n) is 18.1. The minimum absolute atomic E-state index is 0.132. The van der Waals surface area contributed by atoms with E-state index in [2.05, 4.69) is 19.1 Å². The standard InChI is InChI=1S/C25H32O6/c1-15-3-6-18(25-24(28)23(27)16(2)22(13-26)31-25)12-19(15)11-17-4-7-20(8-5-17)30-21-9-10-29-14-21/h3-8,12,16,21-28H,9-11,13-14H2,1-2H3/t16-,21-,22-,23+,24-,25+/m1/s1. The molecule has 2 aromatic carbocycles. The summed E-state index contributed by atoms with van der Waals surface area (Å²) in [6, 6.07) is 14.1. The summed E-state index contributed by atoms with van der Waals surface area (Å²) in [7, 11) is 0. The van der Waals surface area contributed by atoms with Gasteiger partial charge in [0.1, 0.15) is 24.1 Å². The minimum atomic E-state index is -1.04. The van der Waals surface area contributed by atoms with Crippen LogP contribution in [-0.2, 0) is 15.9 Å². The molecule has 6 atom stereocenters. The average Bonchev–Trinajstić information content (AvgIpc) is 3.28. The Labute approximate surface area is 183 Å². The highest BCUT2D eigenvalue weighted by Crippen LogP contribution is 2.36. The van der Waals surface area contributed by atoms with Crippen molar-refractivity contribution in [1.29, 1.82) is 0 Å². The third-order valence-corrected chi connectivity index (χ3v) is 6.50. The molecule has 0 unspecified atom stereocenters. The van der Waals surface area contributed by atoms with Crippen LogP contribution in [0.5, 0.6) is 5.75 Å². The Morgan fingerprint density at radius 2 is 1.84 bits per heavy atom. The lowest BCUT2D eigenvalue weighted by atomic mass is 9.85. The molecule has 0 aromatic heterocycles. The van der Waals surface area contributed by atoms with E-state index in [-0.39, 0.29) is 18.6 Å². The van der Waals surface area contributed by atoms with Gasteiger partial charge < -0.3 is 29.5 Å². The first kappa shape index (κ1) is 22.2. The van der Waals surface area contributed by atoms with Crippen molar-refractivity contribution in [2.45, 2.75) is 57.2 Å². The molecule has 2 saturated heterocycles. The summed E-state index contributed by atoms with van der Waals surface area (Å²) in [6.45, 7) is 5.04. The normalized spacial score (nSPS) is 31.0. The molecule has 0 saturated carbocycles. The van der Waals surface area contributed by atoms with E-state index in [1.807, 2.05) is 30.3 Å². The third-order valence-electron chi connectivity index (χ3n) is 6.50. The predicted octanol–water partition coefficient (Wildman–Crippen LogP) is 2.54. The highest BCUT2D eigenvalue weighted by Gasteiger charge is 2.42. The largest absolute Gasteiger partial charge is 0.488 e. The Morgan fingerprint density at radius 3 is 2.52 bits per heavy atom. The van der Waals surface area contributed by atoms with Crippen molar-refractivity contribution in [3.05, 3.63) is 64.7 Å². The van der Waals surface area contributed by atoms with Crippen LogP contribution < -0.4 is 4.74 Å². The Kier molecular flexibility index (Phi) is 6.94. The van der Waals surface area contributed by atoms with E-state index in [0.717, 1.165) is 47.5 Å². The topological polar surface area (TPSA) is 88.4 Å². The molecule has 0 spiro atoms. The van der Waals surface area contributed by atoms with Crippen molar-refractivity contribution < 1.29 is 29.5 Å². The number of rotatable bonds is 6. The Morgan fingerprint density at radius 1 is 1.06 bits per heavy atom. The number of ether oxygens (including phenoxy) is 3. The SMILES string of the molecule is Cc1ccc([C@@H]2O[C@H](CO)[C@@H](C)[C@H](O)[C@H]2O)cc1Cc1ccc(O[C@@H]2CCOC2)cc1. The molecular formula is C25H32O6. The fourth-order valence-electron chi connectivity index (χ4n) is 4.35. The molecule has 6 heteroatoms. The maximum absolute atomic E-state index is 10.6. The molecule has 2 heterocycles. The number of hydrogen-bond acceptors (Lipinski definition) is 6. The van der Waals surface area contributed by atoms with Gasteiger partial charge >= 0.3 is 0 Å². The van der Waals surface area contributed by atoms with Gasteiger partial charge in [0.05, 0.1) is 32.0 Å². The second-order valence-electron chi connectivity index (χ2n) is 8.73. The molecule has 2 fully saturated rings. The first-order valence-corrected chi connectivity index (χ1v) is 11.0. The number of hydrogen-bond donors (Lipinski definition) is 3. The van der Waals surface area contributed by atoms with E-state index in [9.17, 15) is 15.3 Å². The molecule has 168 valence electrons. The molecule has 2 aromatic rings. The monoisotopic (exact) mass is 428 g/mol. The van der Waals surface area contributed by atoms with Gasteiger partial charge in [-0.15, -0.1) is 0 Å². The van der Waals surface area contributed by atoms with Crippen LogP contribution in [0.1, 0.15) is 41.7 Å². The van der Waals surface area contributed by atoms with E-state index in [1.165, 1.54) is 0 Å². The lowest BCUT2D eigenvalue weighted by Crippen LogP contribution is -2.50. The van der Waals surface area contributed by atoms with Crippen molar-refractivity contribution in [2.24, 2.45) is 5.92 Å². The highest BCUT2D eigenvalue weighted by molar-refractivity contribution is 5.38. The van der Waals surface area contributed by atoms with Gasteiger partial charge in [0.25, 0.3) is 0 Å². The first-order chi connectivity index (χ1) is 15.0. The van der Waals surface area contributed by atoms with Crippen molar-refractivity contribution in [2.75, 3.05) is 19.8 Å². The molecule has 2 aliphatic rings. The van der Waals surface area contributed by atoms with Gasteiger partial charge in [-0.1, -0.05) is 37.3 Å². The van der Waals surface area contributed by atoms with Crippen LogP contribution in [0.25, 0.3) is 0 Å². The number of aryl methyl sites for hydroxylation is 1. The summed E-state index contributed by atoms with van der Waals surface area (Å²) in [5, 5.41) is 30.6. The van der Waals surface area contributed by atoms with Crippen LogP contribution in [0.2, 0.25) is 0 Å². The Bertz CT molecular complexity index is 859. The summed E-state index contributed by atoms with van der Waals surface area (Å²) in [5.74, 6) is 0.513. The van der Waals surface area contributed by atoms with Gasteiger partial charge in [-0.3, -0.25) is 0 Å². The van der Waals surface area contributed by atoms with Crippen LogP contribution in [0.3, 0.4) is 0 Å². The third kappa shape index (κ3) is 4.94. The summed E-state index contributed by atoms with van der Waals surface area (Å²) in [5.41, 5.74) is 4.23. The molecule has 6 nitrogen and oxygen atoms in total. The molecule has 0 aliphatic carbocycles. The molecule has 0 radical (unpaired) electrons. The molecule has 4 rings (SSSR count). The van der Waals surface area contributed by atoms with Crippen molar-refractivity contribution in [3.63, 3.8) is 0 Å². The van der Waals surface area contributed by atoms with E-state index in [1.54, 1.807) is 6.92 Å². The molecule has 0 amide bonds. The van der Waals surface area contributed by atoms with E-state index in [4.69, 9.17) is 14.2 Å². The van der Waals surface area contributed by atoms with Crippen LogP contribution in [0, 0.1) is 12.8 Å². The van der Waals surface area contributed by atoms with E-state index in [0.29, 0.717) is 6.61 Å². The second kappa shape index (κ2) is 9.67. The van der Waals surface area contributed by atoms with Crippen molar-refractivity contribution in [3.8, 4) is 5.75 Å². The van der Waals surface area contributed by atoms with Crippen LogP contribution in [0.4, 0.5) is 0 Å². The van der Waals surface area contributed by atoms with Gasteiger partial charge in [-0.25, -0.2) is 0 Å². The number of aliphatic hydroxyl groups is 3. The van der Waals surface area contributed by atoms with E-state index >= 15 is 0 Å². The zero-order chi connectivity index (χ0) is 22.0. The average molecular weight is 429 g/mol. The summed E-state index contributed by atoms with van der Waals surface area (Å²) < 4.78 is 17.3. The minimum Gasteiger partial charge on any atom is -0.488 e. The van der Waals surface area contributed by atoms with Gasteiger partial charge in [0, 0.05) is 12.3 Å². The van der Waals surface area contributed by atoms with Crippen molar-refractivity contribution in [1.82, 2.24) is 0 Å². The maximum atomic E-state index is 10.6. The van der Waals surface area contributed by atoms with Gasteiger partial charge in [-0.05, 0) is 47.7 Å². The molecule has 2 aliphatic heterocycles. The number of benzene rings is 2. The summed E-state index contributed by atoms with van der Waals surface area (Å²) in [6.07, 6.45) is -1.38. The highest BCUT2D eigenvalue weighted by atomic mass is 16.5. The fourth-order valence-corrected chi connectivity index (χ4v) is 4.35. The lowest BCUT2D eigenvalue weighted by molar-refractivity contribution is -0.207. The quantitative estimate of drug-likeness (QED) is 0.655. The molecule has 3 N–H and O–H groups in total. The molecule has 0 bridgehead atoms. The summed E-state index contributed by atoms with van der Waals surface area (Å²) in [4.78, 5) is 0. The predicted molar refractivity (Wildman–Crippen MR) is 116 cm³/mol. The first-order valence-electron chi connectivity index (χ1n) is 11.0. The zero-order valence-corrected chi connectivity index (χ0v) is 18.1. The number of aliphatic hydroxyl groups excluding tert-OH is 3. The Hall–Kier alpha value is -1.96. The second-order valence-corrected chi connectivity index (χ2v) is 8.73. The van der Waals surface area contributed by atoms with Gasteiger partial charge in [0.15, 0.2) is 0 Å². The van der Waals surface area contributed by atoms with Crippen LogP contribution >= 0.6 is 0 Å². The van der Waals surface area contributed by atoms with Gasteiger partial charge in [-0.2, -0.15) is 0 Å².